The fourth-order valence-corrected chi connectivity index (χ4v) is 0.973. The average molecular weight is 173 g/mol. The quantitative estimate of drug-likeness (QED) is 0.637. The van der Waals surface area contributed by atoms with Gasteiger partial charge in [-0.05, 0) is 12.8 Å². The lowest BCUT2D eigenvalue weighted by Crippen LogP contribution is -2.33. The molecule has 2 nitrogen and oxygen atoms in total. The van der Waals surface area contributed by atoms with Gasteiger partial charge in [-0.2, -0.15) is 0 Å². The Kier molecular flexibility index (Phi) is 7.51. The fourth-order valence-electron chi connectivity index (χ4n) is 0.973. The summed E-state index contributed by atoms with van der Waals surface area (Å²) in [6.07, 6.45) is 2.60. The van der Waals surface area contributed by atoms with Crippen molar-refractivity contribution in [3.8, 4) is 0 Å². The minimum absolute atomic E-state index is 0.396. The third kappa shape index (κ3) is 6.62. The molecule has 0 amide bonds. The highest BCUT2D eigenvalue weighted by molar-refractivity contribution is 4.61. The van der Waals surface area contributed by atoms with Crippen LogP contribution in [0.3, 0.4) is 0 Å². The molecule has 0 spiro atoms. The Labute approximate surface area is 76.7 Å². The van der Waals surface area contributed by atoms with Crippen LogP contribution in [0.4, 0.5) is 0 Å². The first kappa shape index (κ1) is 11.9. The number of nitrogens with one attached hydrogen (secondary N) is 1. The molecule has 0 aliphatic rings. The van der Waals surface area contributed by atoms with Crippen LogP contribution in [0.5, 0.6) is 0 Å². The van der Waals surface area contributed by atoms with E-state index in [9.17, 15) is 0 Å². The molecule has 1 unspecified atom stereocenters. The fraction of sp³-hybridized carbons (Fsp3) is 1.00. The highest BCUT2D eigenvalue weighted by atomic mass is 16.5. The first-order chi connectivity index (χ1) is 5.70. The largest absolute Gasteiger partial charge is 0.377 e. The van der Waals surface area contributed by atoms with Crippen LogP contribution in [0.15, 0.2) is 0 Å². The van der Waals surface area contributed by atoms with Gasteiger partial charge in [-0.25, -0.2) is 0 Å². The minimum atomic E-state index is 0.396. The molecule has 0 bridgehead atoms. The number of rotatable bonds is 7. The summed E-state index contributed by atoms with van der Waals surface area (Å²) >= 11 is 0. The van der Waals surface area contributed by atoms with Gasteiger partial charge in [0, 0.05) is 19.2 Å². The normalized spacial score (nSPS) is 13.8. The molecule has 0 aromatic carbocycles. The standard InChI is InChI=1S/C10H23NO/c1-5-7-12-10(6-2)8-11-9(3)4/h9-11H,5-8H2,1-4H3. The zero-order valence-electron chi connectivity index (χ0n) is 8.89. The molecule has 0 aromatic heterocycles. The van der Waals surface area contributed by atoms with E-state index in [1.165, 1.54) is 0 Å². The van der Waals surface area contributed by atoms with Crippen molar-refractivity contribution >= 4 is 0 Å². The zero-order chi connectivity index (χ0) is 9.40. The molecular weight excluding hydrogens is 150 g/mol. The Morgan fingerprint density at radius 2 is 1.92 bits per heavy atom. The second-order valence-corrected chi connectivity index (χ2v) is 3.46. The summed E-state index contributed by atoms with van der Waals surface area (Å²) in [6, 6.07) is 0.560. The second-order valence-electron chi connectivity index (χ2n) is 3.46. The van der Waals surface area contributed by atoms with Crippen molar-refractivity contribution in [3.63, 3.8) is 0 Å². The molecule has 0 aromatic rings. The van der Waals surface area contributed by atoms with Crippen molar-refractivity contribution in [3.05, 3.63) is 0 Å². The van der Waals surface area contributed by atoms with E-state index >= 15 is 0 Å². The summed E-state index contributed by atoms with van der Waals surface area (Å²) < 4.78 is 5.63. The molecule has 74 valence electrons. The van der Waals surface area contributed by atoms with Crippen molar-refractivity contribution < 1.29 is 4.74 Å². The average Bonchev–Trinajstić information content (AvgIpc) is 2.05. The predicted octanol–water partition coefficient (Wildman–Crippen LogP) is 2.19. The van der Waals surface area contributed by atoms with Crippen LogP contribution >= 0.6 is 0 Å². The van der Waals surface area contributed by atoms with Crippen LogP contribution in [-0.4, -0.2) is 25.3 Å². The summed E-state index contributed by atoms with van der Waals surface area (Å²) in [5.74, 6) is 0. The molecule has 1 atom stereocenters. The van der Waals surface area contributed by atoms with E-state index in [0.717, 1.165) is 26.0 Å². The summed E-state index contributed by atoms with van der Waals surface area (Å²) in [5.41, 5.74) is 0. The third-order valence-electron chi connectivity index (χ3n) is 1.77. The molecular formula is C10H23NO. The monoisotopic (exact) mass is 173 g/mol. The zero-order valence-corrected chi connectivity index (χ0v) is 8.89. The lowest BCUT2D eigenvalue weighted by atomic mass is 10.2. The smallest absolute Gasteiger partial charge is 0.0696 e. The summed E-state index contributed by atoms with van der Waals surface area (Å²) in [7, 11) is 0. The second kappa shape index (κ2) is 7.56. The number of hydrogen-bond acceptors (Lipinski definition) is 2. The van der Waals surface area contributed by atoms with Gasteiger partial charge < -0.3 is 10.1 Å². The Hall–Kier alpha value is -0.0800. The molecule has 0 rings (SSSR count). The van der Waals surface area contributed by atoms with Crippen LogP contribution in [0.25, 0.3) is 0 Å². The van der Waals surface area contributed by atoms with Crippen molar-refractivity contribution in [1.82, 2.24) is 5.32 Å². The first-order valence-electron chi connectivity index (χ1n) is 5.05. The number of hydrogen-bond donors (Lipinski definition) is 1. The van der Waals surface area contributed by atoms with Gasteiger partial charge in [0.25, 0.3) is 0 Å². The van der Waals surface area contributed by atoms with Gasteiger partial charge in [-0.15, -0.1) is 0 Å². The van der Waals surface area contributed by atoms with E-state index in [1.807, 2.05) is 0 Å². The molecule has 0 saturated carbocycles. The van der Waals surface area contributed by atoms with Gasteiger partial charge in [0.05, 0.1) is 6.10 Å². The van der Waals surface area contributed by atoms with E-state index < -0.39 is 0 Å². The molecule has 12 heavy (non-hydrogen) atoms. The maximum Gasteiger partial charge on any atom is 0.0696 e. The third-order valence-corrected chi connectivity index (χ3v) is 1.77. The van der Waals surface area contributed by atoms with Crippen LogP contribution < -0.4 is 5.32 Å². The van der Waals surface area contributed by atoms with Crippen LogP contribution in [-0.2, 0) is 4.74 Å². The van der Waals surface area contributed by atoms with Crippen LogP contribution in [0, 0.1) is 0 Å². The maximum atomic E-state index is 5.63. The van der Waals surface area contributed by atoms with E-state index in [1.54, 1.807) is 0 Å². The van der Waals surface area contributed by atoms with Gasteiger partial charge in [-0.1, -0.05) is 27.7 Å². The predicted molar refractivity (Wildman–Crippen MR) is 53.5 cm³/mol. The van der Waals surface area contributed by atoms with Crippen LogP contribution in [0.1, 0.15) is 40.5 Å². The van der Waals surface area contributed by atoms with E-state index in [4.69, 9.17) is 4.74 Å². The maximum absolute atomic E-state index is 5.63. The first-order valence-corrected chi connectivity index (χ1v) is 5.05. The lowest BCUT2D eigenvalue weighted by Gasteiger charge is -2.17. The van der Waals surface area contributed by atoms with Crippen molar-refractivity contribution in [2.24, 2.45) is 0 Å². The Balaban J connectivity index is 3.39. The molecule has 0 aliphatic carbocycles. The Morgan fingerprint density at radius 3 is 2.33 bits per heavy atom. The van der Waals surface area contributed by atoms with E-state index in [0.29, 0.717) is 12.1 Å². The molecule has 0 aliphatic heterocycles. The van der Waals surface area contributed by atoms with Crippen molar-refractivity contribution in [2.75, 3.05) is 13.2 Å². The topological polar surface area (TPSA) is 21.3 Å². The van der Waals surface area contributed by atoms with Crippen molar-refractivity contribution in [2.45, 2.75) is 52.7 Å². The Bertz CT molecular complexity index is 93.8. The summed E-state index contributed by atoms with van der Waals surface area (Å²) in [5, 5.41) is 3.38. The number of ether oxygens (including phenoxy) is 1. The highest BCUT2D eigenvalue weighted by Gasteiger charge is 2.05. The molecule has 2 heteroatoms. The van der Waals surface area contributed by atoms with E-state index in [2.05, 4.69) is 33.0 Å². The molecule has 0 radical (unpaired) electrons. The summed E-state index contributed by atoms with van der Waals surface area (Å²) in [4.78, 5) is 0. The van der Waals surface area contributed by atoms with Gasteiger partial charge in [-0.3, -0.25) is 0 Å². The van der Waals surface area contributed by atoms with Gasteiger partial charge in [0.15, 0.2) is 0 Å². The Morgan fingerprint density at radius 1 is 1.25 bits per heavy atom. The van der Waals surface area contributed by atoms with Crippen molar-refractivity contribution in [1.29, 1.82) is 0 Å². The SMILES string of the molecule is CCCOC(CC)CNC(C)C. The minimum Gasteiger partial charge on any atom is -0.377 e. The molecule has 0 saturated heterocycles. The van der Waals surface area contributed by atoms with E-state index in [-0.39, 0.29) is 0 Å². The lowest BCUT2D eigenvalue weighted by molar-refractivity contribution is 0.0500. The van der Waals surface area contributed by atoms with Gasteiger partial charge in [0.2, 0.25) is 0 Å². The highest BCUT2D eigenvalue weighted by Crippen LogP contribution is 1.97. The molecule has 0 heterocycles. The van der Waals surface area contributed by atoms with Crippen LogP contribution in [0.2, 0.25) is 0 Å². The van der Waals surface area contributed by atoms with Gasteiger partial charge in [0.1, 0.15) is 0 Å². The molecule has 0 fully saturated rings. The summed E-state index contributed by atoms with van der Waals surface area (Å²) in [6.45, 7) is 10.5. The van der Waals surface area contributed by atoms with Gasteiger partial charge >= 0.3 is 0 Å². The molecule has 1 N–H and O–H groups in total.